The first-order valence-corrected chi connectivity index (χ1v) is 14.5. The number of hydrogen-bond donors (Lipinski definition) is 1. The van der Waals surface area contributed by atoms with Gasteiger partial charge in [0.1, 0.15) is 11.9 Å². The van der Waals surface area contributed by atoms with E-state index in [1.807, 2.05) is 18.2 Å². The Kier molecular flexibility index (Phi) is 9.39. The van der Waals surface area contributed by atoms with Crippen LogP contribution in [0.25, 0.3) is 0 Å². The van der Waals surface area contributed by atoms with Gasteiger partial charge >= 0.3 is 0 Å². The number of rotatable bonds is 12. The predicted octanol–water partition coefficient (Wildman–Crippen LogP) is 5.49. The lowest BCUT2D eigenvalue weighted by molar-refractivity contribution is -0.0271. The highest BCUT2D eigenvalue weighted by atomic mass is 32.2. The maximum Gasteiger partial charge on any atom is 0.229 e. The number of piperidine rings is 1. The molecule has 1 saturated heterocycles. The Labute approximate surface area is 215 Å². The molecule has 1 fully saturated rings. The van der Waals surface area contributed by atoms with E-state index in [9.17, 15) is 8.42 Å². The molecule has 7 heteroatoms. The molecule has 0 unspecified atom stereocenters. The minimum Gasteiger partial charge on any atom is -0.491 e. The summed E-state index contributed by atoms with van der Waals surface area (Å²) in [6.07, 6.45) is 5.34. The number of unbranched alkanes of at least 4 members (excludes halogenated alkanes) is 1. The molecular formula is C29H36N2O4S. The average molecular weight is 509 g/mol. The predicted molar refractivity (Wildman–Crippen MR) is 145 cm³/mol. The molecule has 192 valence electrons. The van der Waals surface area contributed by atoms with Gasteiger partial charge in [0.05, 0.1) is 24.7 Å². The van der Waals surface area contributed by atoms with Crippen molar-refractivity contribution in [1.82, 2.24) is 4.90 Å². The van der Waals surface area contributed by atoms with Gasteiger partial charge in [0.25, 0.3) is 0 Å². The maximum atomic E-state index is 11.5. The highest BCUT2D eigenvalue weighted by molar-refractivity contribution is 7.92. The highest BCUT2D eigenvalue weighted by Crippen LogP contribution is 2.30. The molecule has 3 aromatic rings. The number of nitrogens with one attached hydrogen (secondary N) is 1. The lowest BCUT2D eigenvalue weighted by Gasteiger charge is -2.34. The summed E-state index contributed by atoms with van der Waals surface area (Å²) in [7, 11) is -3.34. The second-order valence-corrected chi connectivity index (χ2v) is 11.1. The van der Waals surface area contributed by atoms with Crippen molar-refractivity contribution < 1.29 is 17.9 Å². The molecule has 0 saturated carbocycles. The maximum absolute atomic E-state index is 11.5. The summed E-state index contributed by atoms with van der Waals surface area (Å²) >= 11 is 0. The number of likely N-dealkylation sites (tertiary alicyclic amines) is 1. The number of para-hydroxylation sites is 2. The van der Waals surface area contributed by atoms with E-state index >= 15 is 0 Å². The van der Waals surface area contributed by atoms with Crippen molar-refractivity contribution in [2.45, 2.75) is 37.9 Å². The Bertz CT molecular complexity index is 1120. The summed E-state index contributed by atoms with van der Waals surface area (Å²) in [6, 6.07) is 28.1. The van der Waals surface area contributed by atoms with E-state index in [1.54, 1.807) is 18.2 Å². The zero-order valence-corrected chi connectivity index (χ0v) is 21.7. The highest BCUT2D eigenvalue weighted by Gasteiger charge is 2.24. The summed E-state index contributed by atoms with van der Waals surface area (Å²) in [4.78, 5) is 2.50. The Hall–Kier alpha value is -2.87. The summed E-state index contributed by atoms with van der Waals surface area (Å²) in [6.45, 7) is 3.64. The second kappa shape index (κ2) is 12.9. The third-order valence-corrected chi connectivity index (χ3v) is 6.97. The Morgan fingerprint density at radius 2 is 1.44 bits per heavy atom. The van der Waals surface area contributed by atoms with Crippen molar-refractivity contribution in [2.24, 2.45) is 0 Å². The molecule has 0 amide bonds. The molecule has 0 spiro atoms. The van der Waals surface area contributed by atoms with Crippen LogP contribution < -0.4 is 9.46 Å². The van der Waals surface area contributed by atoms with Gasteiger partial charge in [-0.15, -0.1) is 0 Å². The second-order valence-electron chi connectivity index (χ2n) is 9.30. The standard InChI is InChI=1S/C29H36N2O4S/c1-36(32,33)30-27-16-8-9-17-28(27)34-23-11-10-20-31-21-18-26(19-22-31)35-29(24-12-4-2-5-13-24)25-14-6-3-7-15-25/h2-9,12-17,26,29-30H,10-11,18-23H2,1H3. The lowest BCUT2D eigenvalue weighted by Crippen LogP contribution is -2.38. The first-order valence-electron chi connectivity index (χ1n) is 12.7. The van der Waals surface area contributed by atoms with Crippen LogP contribution >= 0.6 is 0 Å². The third-order valence-electron chi connectivity index (χ3n) is 6.38. The van der Waals surface area contributed by atoms with Crippen molar-refractivity contribution in [3.8, 4) is 5.75 Å². The number of benzene rings is 3. The topological polar surface area (TPSA) is 67.9 Å². The molecule has 1 heterocycles. The third kappa shape index (κ3) is 8.08. The zero-order valence-electron chi connectivity index (χ0n) is 20.9. The van der Waals surface area contributed by atoms with E-state index in [1.165, 1.54) is 11.1 Å². The number of sulfonamides is 1. The van der Waals surface area contributed by atoms with Crippen LogP contribution in [0.4, 0.5) is 5.69 Å². The fourth-order valence-corrected chi connectivity index (χ4v) is 5.13. The molecule has 0 aromatic heterocycles. The van der Waals surface area contributed by atoms with Crippen LogP contribution in [0, 0.1) is 0 Å². The molecule has 1 aliphatic heterocycles. The zero-order chi connectivity index (χ0) is 25.2. The van der Waals surface area contributed by atoms with Crippen LogP contribution in [0.5, 0.6) is 5.75 Å². The summed E-state index contributed by atoms with van der Waals surface area (Å²) in [5.74, 6) is 0.562. The molecule has 4 rings (SSSR count). The normalized spacial score (nSPS) is 15.2. The van der Waals surface area contributed by atoms with Gasteiger partial charge in [-0.3, -0.25) is 4.72 Å². The monoisotopic (exact) mass is 508 g/mol. The average Bonchev–Trinajstić information content (AvgIpc) is 2.89. The largest absolute Gasteiger partial charge is 0.491 e. The molecule has 3 aromatic carbocycles. The van der Waals surface area contributed by atoms with Crippen LogP contribution in [0.1, 0.15) is 42.9 Å². The Morgan fingerprint density at radius 1 is 0.861 bits per heavy atom. The van der Waals surface area contributed by atoms with Crippen LogP contribution in [0.15, 0.2) is 84.9 Å². The number of nitrogens with zero attached hydrogens (tertiary/aromatic N) is 1. The number of anilines is 1. The van der Waals surface area contributed by atoms with E-state index in [-0.39, 0.29) is 12.2 Å². The van der Waals surface area contributed by atoms with Gasteiger partial charge in [-0.2, -0.15) is 0 Å². The smallest absolute Gasteiger partial charge is 0.229 e. The van der Waals surface area contributed by atoms with Crippen LogP contribution in [-0.2, 0) is 14.8 Å². The fourth-order valence-electron chi connectivity index (χ4n) is 4.56. The minimum atomic E-state index is -3.34. The van der Waals surface area contributed by atoms with Gasteiger partial charge < -0.3 is 14.4 Å². The quantitative estimate of drug-likeness (QED) is 0.328. The van der Waals surface area contributed by atoms with E-state index in [0.29, 0.717) is 18.0 Å². The van der Waals surface area contributed by atoms with Crippen LogP contribution in [0.2, 0.25) is 0 Å². The van der Waals surface area contributed by atoms with Crippen molar-refractivity contribution in [2.75, 3.05) is 37.2 Å². The summed E-state index contributed by atoms with van der Waals surface area (Å²) < 4.78 is 38.1. The van der Waals surface area contributed by atoms with Crippen LogP contribution in [-0.4, -0.2) is 51.9 Å². The summed E-state index contributed by atoms with van der Waals surface area (Å²) in [5.41, 5.74) is 2.87. The molecule has 6 nitrogen and oxygen atoms in total. The van der Waals surface area contributed by atoms with E-state index in [0.717, 1.165) is 51.6 Å². The SMILES string of the molecule is CS(=O)(=O)Nc1ccccc1OCCCCN1CCC(OC(c2ccccc2)c2ccccc2)CC1. The van der Waals surface area contributed by atoms with Crippen molar-refractivity contribution in [3.05, 3.63) is 96.1 Å². The minimum absolute atomic E-state index is 0.0406. The number of ether oxygens (including phenoxy) is 2. The van der Waals surface area contributed by atoms with Gasteiger partial charge in [-0.05, 0) is 55.5 Å². The molecule has 0 bridgehead atoms. The lowest BCUT2D eigenvalue weighted by atomic mass is 10.00. The van der Waals surface area contributed by atoms with E-state index in [4.69, 9.17) is 9.47 Å². The van der Waals surface area contributed by atoms with Crippen molar-refractivity contribution >= 4 is 15.7 Å². The van der Waals surface area contributed by atoms with Crippen molar-refractivity contribution in [3.63, 3.8) is 0 Å². The number of hydrogen-bond acceptors (Lipinski definition) is 5. The van der Waals surface area contributed by atoms with Gasteiger partial charge in [0.2, 0.25) is 10.0 Å². The molecule has 0 atom stereocenters. The Balaban J connectivity index is 1.19. The molecule has 0 radical (unpaired) electrons. The molecule has 1 N–H and O–H groups in total. The first kappa shape index (κ1) is 26.2. The fraction of sp³-hybridized carbons (Fsp3) is 0.379. The molecule has 1 aliphatic rings. The molecule has 36 heavy (non-hydrogen) atoms. The van der Waals surface area contributed by atoms with Gasteiger partial charge in [-0.1, -0.05) is 72.8 Å². The van der Waals surface area contributed by atoms with Gasteiger partial charge in [-0.25, -0.2) is 8.42 Å². The molecular weight excluding hydrogens is 472 g/mol. The van der Waals surface area contributed by atoms with Gasteiger partial charge in [0.15, 0.2) is 0 Å². The summed E-state index contributed by atoms with van der Waals surface area (Å²) in [5, 5.41) is 0. The van der Waals surface area contributed by atoms with Crippen LogP contribution in [0.3, 0.4) is 0 Å². The van der Waals surface area contributed by atoms with E-state index < -0.39 is 10.0 Å². The first-order chi connectivity index (χ1) is 17.5. The molecule has 0 aliphatic carbocycles. The Morgan fingerprint density at radius 3 is 2.06 bits per heavy atom. The van der Waals surface area contributed by atoms with Gasteiger partial charge in [0, 0.05) is 13.1 Å². The van der Waals surface area contributed by atoms with E-state index in [2.05, 4.69) is 58.2 Å². The van der Waals surface area contributed by atoms with Crippen molar-refractivity contribution in [1.29, 1.82) is 0 Å².